The number of hydrogen-bond donors (Lipinski definition) is 0. The summed E-state index contributed by atoms with van der Waals surface area (Å²) >= 11 is 3.75. The zero-order valence-electron chi connectivity index (χ0n) is 12.3. The Balaban J connectivity index is 2.86. The molecule has 0 amide bonds. The summed E-state index contributed by atoms with van der Waals surface area (Å²) in [5.74, 6) is 0. The summed E-state index contributed by atoms with van der Waals surface area (Å²) in [6.45, 7) is 6.91. The average Bonchev–Trinajstić information content (AvgIpc) is 2.67. The number of aryl methyl sites for hydroxylation is 1. The van der Waals surface area contributed by atoms with Crippen molar-refractivity contribution in [1.82, 2.24) is 0 Å². The maximum absolute atomic E-state index is 2.31. The van der Waals surface area contributed by atoms with E-state index in [0.717, 1.165) is 0 Å². The van der Waals surface area contributed by atoms with E-state index in [9.17, 15) is 0 Å². The molecular weight excluding hydrogens is 343 g/mol. The number of rotatable bonds is 9. The quantitative estimate of drug-likeness (QED) is 0.559. The Hall–Kier alpha value is 0.499. The van der Waals surface area contributed by atoms with Crippen LogP contribution in [0.25, 0.3) is 0 Å². The van der Waals surface area contributed by atoms with E-state index in [1.165, 1.54) is 57.8 Å². The van der Waals surface area contributed by atoms with E-state index in [-0.39, 0.29) is 0 Å². The Labute approximate surface area is 131 Å². The molecule has 1 aromatic rings. The van der Waals surface area contributed by atoms with Gasteiger partial charge in [0.25, 0.3) is 0 Å². The van der Waals surface area contributed by atoms with Crippen molar-refractivity contribution < 1.29 is 0 Å². The minimum atomic E-state index is 1.32. The molecule has 2 heteroatoms. The predicted octanol–water partition coefficient (Wildman–Crippen LogP) is 4.57. The molecule has 3 radical (unpaired) electrons. The van der Waals surface area contributed by atoms with E-state index in [1.807, 2.05) is 0 Å². The standard InChI is InChI=1S/C16H27S.Sn/c1-4-7-10-14-13-17-16(12-9-6-3)15(14)11-8-5-2;/h4-12H2,1-3H3;. The van der Waals surface area contributed by atoms with E-state index < -0.39 is 0 Å². The molecule has 0 nitrogen and oxygen atoms in total. The van der Waals surface area contributed by atoms with Gasteiger partial charge in [0.05, 0.1) is 0 Å². The first-order valence-electron chi connectivity index (χ1n) is 7.59. The summed E-state index contributed by atoms with van der Waals surface area (Å²) in [5.41, 5.74) is 3.51. The Morgan fingerprint density at radius 2 is 1.28 bits per heavy atom. The van der Waals surface area contributed by atoms with E-state index in [4.69, 9.17) is 0 Å². The first-order valence-corrected chi connectivity index (χ1v) is 9.83. The normalized spacial score (nSPS) is 11.1. The van der Waals surface area contributed by atoms with Crippen molar-refractivity contribution in [2.24, 2.45) is 0 Å². The molecule has 0 atom stereocenters. The molecule has 1 rings (SSSR count). The van der Waals surface area contributed by atoms with Crippen LogP contribution in [0, 0.1) is 0 Å². The maximum atomic E-state index is 2.31. The molecule has 0 unspecified atom stereocenters. The zero-order valence-corrected chi connectivity index (χ0v) is 15.9. The fourth-order valence-electron chi connectivity index (χ4n) is 2.35. The fraction of sp³-hybridized carbons (Fsp3) is 0.750. The van der Waals surface area contributed by atoms with Crippen molar-refractivity contribution in [2.45, 2.75) is 78.6 Å². The summed E-state index contributed by atoms with van der Waals surface area (Å²) in [4.78, 5) is 1.73. The molecule has 1 heterocycles. The third kappa shape index (κ3) is 4.88. The van der Waals surface area contributed by atoms with Crippen LogP contribution in [0.1, 0.15) is 75.3 Å². The van der Waals surface area contributed by atoms with Gasteiger partial charge >= 0.3 is 131 Å². The first-order chi connectivity index (χ1) is 8.74. The summed E-state index contributed by atoms with van der Waals surface area (Å²) in [6, 6.07) is 0. The van der Waals surface area contributed by atoms with E-state index in [1.54, 1.807) is 41.4 Å². The van der Waals surface area contributed by atoms with E-state index in [2.05, 4.69) is 32.1 Å². The Bertz CT molecular complexity index is 341. The van der Waals surface area contributed by atoms with Crippen LogP contribution >= 0.6 is 11.3 Å². The van der Waals surface area contributed by atoms with Crippen LogP contribution in [0.15, 0.2) is 0 Å². The van der Waals surface area contributed by atoms with E-state index >= 15 is 0 Å². The molecular formula is C16H27SSn. The number of hydrogen-bond acceptors (Lipinski definition) is 1. The third-order valence-corrected chi connectivity index (χ3v) is 6.40. The average molecular weight is 370 g/mol. The van der Waals surface area contributed by atoms with Gasteiger partial charge in [0.15, 0.2) is 0 Å². The molecule has 0 aliphatic heterocycles. The molecule has 0 aliphatic rings. The van der Waals surface area contributed by atoms with Crippen molar-refractivity contribution in [3.8, 4) is 0 Å². The van der Waals surface area contributed by atoms with E-state index in [0.29, 0.717) is 0 Å². The van der Waals surface area contributed by atoms with Crippen molar-refractivity contribution in [3.05, 3.63) is 16.0 Å². The van der Waals surface area contributed by atoms with Crippen LogP contribution in [0.4, 0.5) is 0 Å². The molecule has 1 aromatic heterocycles. The Kier molecular flexibility index (Phi) is 8.65. The van der Waals surface area contributed by atoms with Crippen LogP contribution in [-0.4, -0.2) is 22.5 Å². The van der Waals surface area contributed by atoms with Gasteiger partial charge in [-0.2, -0.15) is 0 Å². The summed E-state index contributed by atoms with van der Waals surface area (Å²) < 4.78 is 1.69. The second-order valence-corrected chi connectivity index (χ2v) is 8.69. The number of unbranched alkanes of at least 4 members (excludes halogenated alkanes) is 3. The fourth-order valence-corrected chi connectivity index (χ4v) is 5.38. The van der Waals surface area contributed by atoms with Gasteiger partial charge in [0.1, 0.15) is 0 Å². The van der Waals surface area contributed by atoms with Crippen molar-refractivity contribution in [3.63, 3.8) is 0 Å². The summed E-state index contributed by atoms with van der Waals surface area (Å²) in [6.07, 6.45) is 12.1. The van der Waals surface area contributed by atoms with Crippen LogP contribution in [0.5, 0.6) is 0 Å². The van der Waals surface area contributed by atoms with Crippen LogP contribution in [0.2, 0.25) is 0 Å². The Morgan fingerprint density at radius 3 is 1.83 bits per heavy atom. The molecule has 0 spiro atoms. The second-order valence-electron chi connectivity index (χ2n) is 5.12. The zero-order chi connectivity index (χ0) is 13.4. The molecule has 0 saturated carbocycles. The summed E-state index contributed by atoms with van der Waals surface area (Å²) in [5, 5.41) is 0. The molecule has 0 saturated heterocycles. The topological polar surface area (TPSA) is 0 Å². The van der Waals surface area contributed by atoms with Gasteiger partial charge in [-0.1, -0.05) is 0 Å². The first kappa shape index (κ1) is 16.6. The molecule has 0 fully saturated rings. The third-order valence-electron chi connectivity index (χ3n) is 3.52. The molecule has 18 heavy (non-hydrogen) atoms. The van der Waals surface area contributed by atoms with Crippen LogP contribution < -0.4 is 2.89 Å². The molecule has 0 aromatic carbocycles. The van der Waals surface area contributed by atoms with Crippen molar-refractivity contribution in [2.75, 3.05) is 0 Å². The molecule has 101 valence electrons. The monoisotopic (exact) mass is 371 g/mol. The van der Waals surface area contributed by atoms with Gasteiger partial charge in [-0.15, -0.1) is 0 Å². The minimum absolute atomic E-state index is 1.32. The SMILES string of the molecule is CCCCc1s[c]([Sn])c(CCCC)c1CCCC. The molecule has 0 bridgehead atoms. The van der Waals surface area contributed by atoms with Crippen LogP contribution in [-0.2, 0) is 19.3 Å². The van der Waals surface area contributed by atoms with Gasteiger partial charge in [-0.05, 0) is 0 Å². The van der Waals surface area contributed by atoms with Gasteiger partial charge in [0.2, 0.25) is 0 Å². The van der Waals surface area contributed by atoms with Gasteiger partial charge in [-0.3, -0.25) is 0 Å². The van der Waals surface area contributed by atoms with Gasteiger partial charge in [-0.25, -0.2) is 0 Å². The number of thiophene rings is 1. The summed E-state index contributed by atoms with van der Waals surface area (Å²) in [7, 11) is 0. The second kappa shape index (κ2) is 9.41. The van der Waals surface area contributed by atoms with Crippen molar-refractivity contribution in [1.29, 1.82) is 0 Å². The van der Waals surface area contributed by atoms with Gasteiger partial charge in [0, 0.05) is 0 Å². The van der Waals surface area contributed by atoms with Crippen molar-refractivity contribution >= 4 is 36.8 Å². The van der Waals surface area contributed by atoms with Crippen LogP contribution in [0.3, 0.4) is 0 Å². The van der Waals surface area contributed by atoms with Gasteiger partial charge < -0.3 is 0 Å². The Morgan fingerprint density at radius 1 is 0.778 bits per heavy atom. The molecule has 0 N–H and O–H groups in total. The predicted molar refractivity (Wildman–Crippen MR) is 85.5 cm³/mol. The molecule has 0 aliphatic carbocycles.